The number of amides is 2. The van der Waals surface area contributed by atoms with Crippen molar-refractivity contribution in [2.45, 2.75) is 58.7 Å². The van der Waals surface area contributed by atoms with Crippen LogP contribution < -0.4 is 4.90 Å². The predicted molar refractivity (Wildman–Crippen MR) is 75.5 cm³/mol. The Bertz CT molecular complexity index is 510. The topological polar surface area (TPSA) is 69.8 Å². The number of carbonyl (C=O) groups excluding carboxylic acids is 1. The number of carbonyl (C=O) groups is 1. The summed E-state index contributed by atoms with van der Waals surface area (Å²) in [7, 11) is 0. The van der Waals surface area contributed by atoms with Gasteiger partial charge >= 0.3 is 6.03 Å². The summed E-state index contributed by atoms with van der Waals surface area (Å²) in [5.41, 5.74) is -0.536. The van der Waals surface area contributed by atoms with Crippen LogP contribution in [0.25, 0.3) is 0 Å². The van der Waals surface area contributed by atoms with Gasteiger partial charge < -0.3 is 14.5 Å². The summed E-state index contributed by atoms with van der Waals surface area (Å²) in [6, 6.07) is 1.46. The zero-order chi connectivity index (χ0) is 15.3. The number of aromatic nitrogens is 1. The van der Waals surface area contributed by atoms with Gasteiger partial charge in [-0.2, -0.15) is 0 Å². The second-order valence-electron chi connectivity index (χ2n) is 7.21. The van der Waals surface area contributed by atoms with Gasteiger partial charge in [0.05, 0.1) is 6.54 Å². The highest BCUT2D eigenvalue weighted by molar-refractivity contribution is 5.94. The van der Waals surface area contributed by atoms with E-state index in [-0.39, 0.29) is 23.5 Å². The molecule has 0 bridgehead atoms. The number of hydrogen-bond acceptors (Lipinski definition) is 4. The smallest absolute Gasteiger partial charge is 0.328 e. The van der Waals surface area contributed by atoms with Gasteiger partial charge in [0.2, 0.25) is 0 Å². The van der Waals surface area contributed by atoms with Crippen LogP contribution in [0, 0.1) is 0 Å². The first-order valence-corrected chi connectivity index (χ1v) is 6.78. The molecule has 2 rings (SSSR count). The molecule has 112 valence electrons. The number of anilines is 1. The van der Waals surface area contributed by atoms with Crippen molar-refractivity contribution < 1.29 is 14.4 Å². The summed E-state index contributed by atoms with van der Waals surface area (Å²) in [4.78, 5) is 15.3. The molecule has 6 nitrogen and oxygen atoms in total. The Hall–Kier alpha value is -1.56. The summed E-state index contributed by atoms with van der Waals surface area (Å²) in [6.07, 6.45) is -0.903. The fourth-order valence-corrected chi connectivity index (χ4v) is 2.12. The van der Waals surface area contributed by atoms with Crippen molar-refractivity contribution in [1.29, 1.82) is 0 Å². The maximum Gasteiger partial charge on any atom is 0.328 e. The average molecular weight is 281 g/mol. The van der Waals surface area contributed by atoms with Crippen molar-refractivity contribution in [3.63, 3.8) is 0 Å². The van der Waals surface area contributed by atoms with E-state index >= 15 is 0 Å². The minimum Gasteiger partial charge on any atom is -0.371 e. The molecular weight excluding hydrogens is 258 g/mol. The van der Waals surface area contributed by atoms with E-state index in [1.54, 1.807) is 11.0 Å². The van der Waals surface area contributed by atoms with Crippen LogP contribution in [0.4, 0.5) is 10.6 Å². The van der Waals surface area contributed by atoms with Crippen LogP contribution in [0.5, 0.6) is 0 Å². The third kappa shape index (κ3) is 2.52. The highest BCUT2D eigenvalue weighted by Gasteiger charge is 2.43. The van der Waals surface area contributed by atoms with Gasteiger partial charge in [-0.3, -0.25) is 0 Å². The zero-order valence-electron chi connectivity index (χ0n) is 13.0. The quantitative estimate of drug-likeness (QED) is 0.857. The summed E-state index contributed by atoms with van der Waals surface area (Å²) in [6.45, 7) is 12.1. The molecule has 0 spiro atoms. The lowest BCUT2D eigenvalue weighted by Gasteiger charge is -2.30. The third-order valence-corrected chi connectivity index (χ3v) is 3.37. The van der Waals surface area contributed by atoms with Gasteiger partial charge in [0.25, 0.3) is 0 Å². The maximum atomic E-state index is 12.4. The molecule has 1 N–H and O–H groups in total. The number of nitrogens with zero attached hydrogens (tertiary/aromatic N) is 3. The number of aliphatic hydroxyl groups is 1. The van der Waals surface area contributed by atoms with E-state index in [9.17, 15) is 9.90 Å². The van der Waals surface area contributed by atoms with Gasteiger partial charge in [-0.05, 0) is 20.8 Å². The lowest BCUT2D eigenvalue weighted by atomic mass is 9.93. The molecule has 0 aromatic carbocycles. The standard InChI is InChI=1S/C14H23N3O3/c1-13(2,3)9-7-10(15-20-9)17-11(18)8-16(12(17)19)14(4,5)6/h7,11,18H,8H2,1-6H3. The van der Waals surface area contributed by atoms with Crippen LogP contribution in [-0.2, 0) is 5.41 Å². The third-order valence-electron chi connectivity index (χ3n) is 3.37. The van der Waals surface area contributed by atoms with E-state index in [0.29, 0.717) is 11.6 Å². The number of rotatable bonds is 1. The molecule has 6 heteroatoms. The fraction of sp³-hybridized carbons (Fsp3) is 0.714. The molecule has 1 fully saturated rings. The van der Waals surface area contributed by atoms with Crippen LogP contribution in [0.3, 0.4) is 0 Å². The van der Waals surface area contributed by atoms with Gasteiger partial charge in [0.1, 0.15) is 5.76 Å². The molecule has 1 aliphatic heterocycles. The number of β-amino-alcohol motifs (C(OH)–C–C–N with tert-alkyl or cyclic N) is 1. The Morgan fingerprint density at radius 2 is 1.90 bits per heavy atom. The van der Waals surface area contributed by atoms with Crippen LogP contribution in [0.1, 0.15) is 47.3 Å². The molecule has 0 radical (unpaired) electrons. The average Bonchev–Trinajstić information content (AvgIpc) is 2.81. The monoisotopic (exact) mass is 281 g/mol. The van der Waals surface area contributed by atoms with Gasteiger partial charge in [0, 0.05) is 17.0 Å². The first-order valence-electron chi connectivity index (χ1n) is 6.78. The highest BCUT2D eigenvalue weighted by Crippen LogP contribution is 2.31. The minimum atomic E-state index is -0.903. The van der Waals surface area contributed by atoms with E-state index in [0.717, 1.165) is 0 Å². The van der Waals surface area contributed by atoms with E-state index in [2.05, 4.69) is 5.16 Å². The number of hydrogen-bond donors (Lipinski definition) is 1. The molecule has 1 aliphatic rings. The lowest BCUT2D eigenvalue weighted by Crippen LogP contribution is -2.44. The molecule has 2 heterocycles. The Kier molecular flexibility index (Phi) is 3.32. The van der Waals surface area contributed by atoms with E-state index in [4.69, 9.17) is 4.52 Å². The first-order chi connectivity index (χ1) is 9.01. The van der Waals surface area contributed by atoms with Gasteiger partial charge in [-0.15, -0.1) is 0 Å². The molecule has 1 saturated heterocycles. The van der Waals surface area contributed by atoms with E-state index in [1.165, 1.54) is 4.90 Å². The van der Waals surface area contributed by atoms with Crippen molar-refractivity contribution in [2.75, 3.05) is 11.4 Å². The number of urea groups is 1. The largest absolute Gasteiger partial charge is 0.371 e. The highest BCUT2D eigenvalue weighted by atomic mass is 16.5. The van der Waals surface area contributed by atoms with Gasteiger partial charge in [-0.1, -0.05) is 25.9 Å². The molecule has 0 saturated carbocycles. The Morgan fingerprint density at radius 3 is 2.30 bits per heavy atom. The van der Waals surface area contributed by atoms with E-state index < -0.39 is 6.23 Å². The van der Waals surface area contributed by atoms with E-state index in [1.807, 2.05) is 41.5 Å². The van der Waals surface area contributed by atoms with Crippen LogP contribution in [0.2, 0.25) is 0 Å². The normalized spacial score (nSPS) is 20.9. The summed E-state index contributed by atoms with van der Waals surface area (Å²) in [5, 5.41) is 14.1. The zero-order valence-corrected chi connectivity index (χ0v) is 13.0. The Labute approximate surface area is 119 Å². The molecule has 1 aromatic heterocycles. The van der Waals surface area contributed by atoms with Crippen LogP contribution >= 0.6 is 0 Å². The summed E-state index contributed by atoms with van der Waals surface area (Å²) in [5.74, 6) is 1.04. The molecule has 1 unspecified atom stereocenters. The molecule has 1 aromatic rings. The SMILES string of the molecule is CC(C)(C)c1cc(N2C(=O)N(C(C)(C)C)CC2O)no1. The molecule has 0 aliphatic carbocycles. The Morgan fingerprint density at radius 1 is 1.30 bits per heavy atom. The molecule has 1 atom stereocenters. The maximum absolute atomic E-state index is 12.4. The van der Waals surface area contributed by atoms with Crippen LogP contribution in [-0.4, -0.2) is 39.5 Å². The summed E-state index contributed by atoms with van der Waals surface area (Å²) < 4.78 is 5.29. The van der Waals surface area contributed by atoms with Gasteiger partial charge in [-0.25, -0.2) is 9.69 Å². The van der Waals surface area contributed by atoms with Gasteiger partial charge in [0.15, 0.2) is 12.0 Å². The Balaban J connectivity index is 2.30. The molecular formula is C14H23N3O3. The minimum absolute atomic E-state index is 0.192. The van der Waals surface area contributed by atoms with Crippen molar-refractivity contribution >= 4 is 11.8 Å². The first kappa shape index (κ1) is 14.8. The van der Waals surface area contributed by atoms with Crippen molar-refractivity contribution in [3.8, 4) is 0 Å². The second-order valence-corrected chi connectivity index (χ2v) is 7.21. The number of aliphatic hydroxyl groups excluding tert-OH is 1. The summed E-state index contributed by atoms with van der Waals surface area (Å²) >= 11 is 0. The fourth-order valence-electron chi connectivity index (χ4n) is 2.12. The lowest BCUT2D eigenvalue weighted by molar-refractivity contribution is 0.136. The van der Waals surface area contributed by atoms with Crippen molar-refractivity contribution in [2.24, 2.45) is 0 Å². The van der Waals surface area contributed by atoms with Crippen LogP contribution in [0.15, 0.2) is 10.6 Å². The van der Waals surface area contributed by atoms with Crippen molar-refractivity contribution in [3.05, 3.63) is 11.8 Å². The molecule has 2 amide bonds. The second kappa shape index (κ2) is 4.48. The molecule has 20 heavy (non-hydrogen) atoms. The van der Waals surface area contributed by atoms with Crippen molar-refractivity contribution in [1.82, 2.24) is 10.1 Å². The predicted octanol–water partition coefficient (Wildman–Crippen LogP) is 2.33.